The quantitative estimate of drug-likeness (QED) is 0.179. The van der Waals surface area contributed by atoms with Gasteiger partial charge in [-0.3, -0.25) is 4.99 Å². The number of hydrogen-bond acceptors (Lipinski definition) is 8. The van der Waals surface area contributed by atoms with Crippen LogP contribution in [0.4, 0.5) is 24.7 Å². The minimum absolute atomic E-state index is 0.0526. The second-order valence-corrected chi connectivity index (χ2v) is 7.02. The molecule has 0 unspecified atom stereocenters. The summed E-state index contributed by atoms with van der Waals surface area (Å²) in [6.07, 6.45) is -3.26. The summed E-state index contributed by atoms with van der Waals surface area (Å²) in [4.78, 5) is 10.9. The number of thioether (sulfide) groups is 1. The van der Waals surface area contributed by atoms with Crippen molar-refractivity contribution in [2.45, 2.75) is 11.2 Å². The standard InChI is InChI=1S/C20H17F3N6OS/c21-20(22,23)19-27-17(24)10-18(28-19)31-12-14(29-25)11-26-13-6-8-16(9-7-13)30-15-4-2-1-3-5-15/h1-11H,12,25H2,(H2,24,27,28). The van der Waals surface area contributed by atoms with Crippen LogP contribution in [0.3, 0.4) is 0 Å². The number of benzene rings is 2. The van der Waals surface area contributed by atoms with Gasteiger partial charge in [-0.25, -0.2) is 9.97 Å². The summed E-state index contributed by atoms with van der Waals surface area (Å²) in [7, 11) is 0. The van der Waals surface area contributed by atoms with Gasteiger partial charge in [0.25, 0.3) is 0 Å². The van der Waals surface area contributed by atoms with Gasteiger partial charge in [0.15, 0.2) is 0 Å². The van der Waals surface area contributed by atoms with Crippen LogP contribution < -0.4 is 16.3 Å². The van der Waals surface area contributed by atoms with E-state index in [-0.39, 0.29) is 16.6 Å². The van der Waals surface area contributed by atoms with E-state index in [1.165, 1.54) is 12.3 Å². The van der Waals surface area contributed by atoms with E-state index in [0.29, 0.717) is 22.9 Å². The van der Waals surface area contributed by atoms with Gasteiger partial charge in [-0.15, -0.1) is 0 Å². The number of nitrogens with two attached hydrogens (primary N) is 2. The molecular formula is C20H17F3N6OS. The molecular weight excluding hydrogens is 429 g/mol. The lowest BCUT2D eigenvalue weighted by Gasteiger charge is -2.08. The highest BCUT2D eigenvalue weighted by atomic mass is 32.2. The Morgan fingerprint density at radius 3 is 2.35 bits per heavy atom. The highest BCUT2D eigenvalue weighted by Crippen LogP contribution is 2.29. The number of aromatic nitrogens is 2. The number of para-hydroxylation sites is 1. The molecule has 3 aromatic rings. The monoisotopic (exact) mass is 446 g/mol. The van der Waals surface area contributed by atoms with E-state index in [2.05, 4.69) is 20.1 Å². The Bertz CT molecular complexity index is 1070. The summed E-state index contributed by atoms with van der Waals surface area (Å²) in [5.74, 6) is 5.30. The lowest BCUT2D eigenvalue weighted by molar-refractivity contribution is -0.145. The first-order valence-electron chi connectivity index (χ1n) is 8.82. The second kappa shape index (κ2) is 9.94. The molecule has 3 rings (SSSR count). The zero-order chi connectivity index (χ0) is 22.3. The van der Waals surface area contributed by atoms with Crippen LogP contribution in [-0.2, 0) is 6.18 Å². The first kappa shape index (κ1) is 22.1. The van der Waals surface area contributed by atoms with Crippen molar-refractivity contribution in [3.63, 3.8) is 0 Å². The van der Waals surface area contributed by atoms with Crippen molar-refractivity contribution in [1.82, 2.24) is 9.97 Å². The van der Waals surface area contributed by atoms with Crippen molar-refractivity contribution >= 4 is 35.2 Å². The molecule has 1 aromatic heterocycles. The first-order valence-corrected chi connectivity index (χ1v) is 9.80. The van der Waals surface area contributed by atoms with E-state index < -0.39 is 12.0 Å². The molecule has 0 atom stereocenters. The van der Waals surface area contributed by atoms with Crippen molar-refractivity contribution in [3.05, 3.63) is 66.5 Å². The number of aliphatic imine (C=N–C) groups is 1. The normalized spacial score (nSPS) is 12.3. The fraction of sp³-hybridized carbons (Fsp3) is 0.100. The van der Waals surface area contributed by atoms with Gasteiger partial charge in [0, 0.05) is 11.8 Å². The molecule has 11 heteroatoms. The van der Waals surface area contributed by atoms with E-state index in [0.717, 1.165) is 11.8 Å². The summed E-state index contributed by atoms with van der Waals surface area (Å²) in [6, 6.07) is 17.6. The summed E-state index contributed by atoms with van der Waals surface area (Å²) in [6.45, 7) is 0. The SMILES string of the molecule is NN=C(C=Nc1ccc(Oc2ccccc2)cc1)CSc1cc(N)nc(C(F)(F)F)n1. The van der Waals surface area contributed by atoms with E-state index in [4.69, 9.17) is 16.3 Å². The molecule has 160 valence electrons. The first-order chi connectivity index (χ1) is 14.8. The number of hydrazone groups is 1. The number of ether oxygens (including phenoxy) is 1. The third kappa shape index (κ3) is 6.71. The number of nitrogens with zero attached hydrogens (tertiary/aromatic N) is 4. The Morgan fingerprint density at radius 2 is 1.71 bits per heavy atom. The van der Waals surface area contributed by atoms with Crippen LogP contribution in [0, 0.1) is 0 Å². The fourth-order valence-electron chi connectivity index (χ4n) is 2.27. The molecule has 0 bridgehead atoms. The summed E-state index contributed by atoms with van der Waals surface area (Å²) in [5, 5.41) is 3.66. The van der Waals surface area contributed by atoms with Crippen LogP contribution in [0.5, 0.6) is 11.5 Å². The third-order valence-electron chi connectivity index (χ3n) is 3.69. The molecule has 2 aromatic carbocycles. The Morgan fingerprint density at radius 1 is 1.03 bits per heavy atom. The molecule has 0 aliphatic carbocycles. The number of halogens is 3. The zero-order valence-corrected chi connectivity index (χ0v) is 16.8. The molecule has 1 heterocycles. The predicted octanol–water partition coefficient (Wildman–Crippen LogP) is 4.68. The smallest absolute Gasteiger partial charge is 0.451 e. The van der Waals surface area contributed by atoms with Gasteiger partial charge in [0.05, 0.1) is 17.6 Å². The second-order valence-electron chi connectivity index (χ2n) is 6.03. The maximum atomic E-state index is 12.8. The van der Waals surface area contributed by atoms with Gasteiger partial charge >= 0.3 is 6.18 Å². The van der Waals surface area contributed by atoms with Crippen molar-refractivity contribution in [2.24, 2.45) is 15.9 Å². The fourth-order valence-corrected chi connectivity index (χ4v) is 3.07. The summed E-state index contributed by atoms with van der Waals surface area (Å²) >= 11 is 0.983. The molecule has 0 amide bonds. The number of rotatable bonds is 7. The van der Waals surface area contributed by atoms with E-state index in [1.54, 1.807) is 24.3 Å². The molecule has 0 spiro atoms. The van der Waals surface area contributed by atoms with Crippen molar-refractivity contribution in [3.8, 4) is 11.5 Å². The Balaban J connectivity index is 1.60. The molecule has 0 fully saturated rings. The summed E-state index contributed by atoms with van der Waals surface area (Å²) in [5.41, 5.74) is 6.40. The molecule has 4 N–H and O–H groups in total. The molecule has 0 saturated carbocycles. The minimum Gasteiger partial charge on any atom is -0.457 e. The lowest BCUT2D eigenvalue weighted by Crippen LogP contribution is -2.13. The number of alkyl halides is 3. The van der Waals surface area contributed by atoms with Gasteiger partial charge in [-0.2, -0.15) is 18.3 Å². The zero-order valence-electron chi connectivity index (χ0n) is 16.0. The van der Waals surface area contributed by atoms with Gasteiger partial charge < -0.3 is 16.3 Å². The number of nitrogen functional groups attached to an aromatic ring is 1. The van der Waals surface area contributed by atoms with Crippen LogP contribution in [0.1, 0.15) is 5.82 Å². The Kier molecular flexibility index (Phi) is 7.08. The molecule has 0 saturated heterocycles. The highest BCUT2D eigenvalue weighted by molar-refractivity contribution is 8.00. The molecule has 0 radical (unpaired) electrons. The molecule has 0 aliphatic rings. The molecule has 0 aliphatic heterocycles. The molecule has 7 nitrogen and oxygen atoms in total. The van der Waals surface area contributed by atoms with Gasteiger partial charge in [0.1, 0.15) is 22.3 Å². The van der Waals surface area contributed by atoms with Gasteiger partial charge in [-0.05, 0) is 36.4 Å². The number of hydrogen-bond donors (Lipinski definition) is 2. The van der Waals surface area contributed by atoms with E-state index >= 15 is 0 Å². The van der Waals surface area contributed by atoms with Crippen LogP contribution >= 0.6 is 11.8 Å². The lowest BCUT2D eigenvalue weighted by atomic mass is 10.3. The summed E-state index contributed by atoms with van der Waals surface area (Å²) < 4.78 is 44.1. The van der Waals surface area contributed by atoms with Gasteiger partial charge in [0.2, 0.25) is 5.82 Å². The Labute approximate surface area is 180 Å². The largest absolute Gasteiger partial charge is 0.457 e. The van der Waals surface area contributed by atoms with E-state index in [1.807, 2.05) is 30.3 Å². The topological polar surface area (TPSA) is 112 Å². The van der Waals surface area contributed by atoms with Crippen LogP contribution in [0.15, 0.2) is 75.8 Å². The van der Waals surface area contributed by atoms with E-state index in [9.17, 15) is 13.2 Å². The van der Waals surface area contributed by atoms with Gasteiger partial charge in [-0.1, -0.05) is 30.0 Å². The van der Waals surface area contributed by atoms with Crippen LogP contribution in [0.2, 0.25) is 0 Å². The van der Waals surface area contributed by atoms with Crippen LogP contribution in [0.25, 0.3) is 0 Å². The predicted molar refractivity (Wildman–Crippen MR) is 115 cm³/mol. The Hall–Kier alpha value is -3.60. The average Bonchev–Trinajstić information content (AvgIpc) is 2.75. The average molecular weight is 446 g/mol. The van der Waals surface area contributed by atoms with Crippen molar-refractivity contribution < 1.29 is 17.9 Å². The minimum atomic E-state index is -4.69. The molecule has 31 heavy (non-hydrogen) atoms. The third-order valence-corrected chi connectivity index (χ3v) is 4.63. The van der Waals surface area contributed by atoms with Crippen molar-refractivity contribution in [1.29, 1.82) is 0 Å². The highest BCUT2D eigenvalue weighted by Gasteiger charge is 2.35. The van der Waals surface area contributed by atoms with Crippen molar-refractivity contribution in [2.75, 3.05) is 11.5 Å². The van der Waals surface area contributed by atoms with Crippen LogP contribution in [-0.4, -0.2) is 27.6 Å². The number of anilines is 1. The maximum absolute atomic E-state index is 12.8. The maximum Gasteiger partial charge on any atom is 0.451 e.